The van der Waals surface area contributed by atoms with Crippen molar-refractivity contribution < 1.29 is 26.7 Å². The number of hydrogen-bond acceptors (Lipinski definition) is 6. The van der Waals surface area contributed by atoms with Crippen LogP contribution < -0.4 is 15.4 Å². The summed E-state index contributed by atoms with van der Waals surface area (Å²) in [6.07, 6.45) is -5.70. The Balaban J connectivity index is 1.63. The van der Waals surface area contributed by atoms with E-state index in [9.17, 15) is 26.7 Å². The molecule has 0 aromatic carbocycles. The fourth-order valence-electron chi connectivity index (χ4n) is 4.85. The maximum Gasteiger partial charge on any atom is 0.408 e. The number of rotatable bonds is 4. The van der Waals surface area contributed by atoms with E-state index in [1.165, 1.54) is 18.3 Å². The predicted octanol–water partition coefficient (Wildman–Crippen LogP) is 2.48. The van der Waals surface area contributed by atoms with Gasteiger partial charge in [-0.1, -0.05) is 0 Å². The van der Waals surface area contributed by atoms with Gasteiger partial charge in [0.2, 0.25) is 5.95 Å². The van der Waals surface area contributed by atoms with Gasteiger partial charge in [0.25, 0.3) is 12.0 Å². The Labute approximate surface area is 179 Å². The molecule has 0 amide bonds. The lowest BCUT2D eigenvalue weighted by molar-refractivity contribution is -0.156. The maximum atomic E-state index is 14.2. The molecule has 0 radical (unpaired) electrons. The van der Waals surface area contributed by atoms with Crippen molar-refractivity contribution in [3.63, 3.8) is 0 Å². The number of nitrogens with zero attached hydrogens (tertiary/aromatic N) is 5. The van der Waals surface area contributed by atoms with Gasteiger partial charge in [-0.25, -0.2) is 8.78 Å². The summed E-state index contributed by atoms with van der Waals surface area (Å²) < 4.78 is 77.0. The smallest absolute Gasteiger partial charge is 0.371 e. The van der Waals surface area contributed by atoms with Crippen LogP contribution in [0.2, 0.25) is 0 Å². The summed E-state index contributed by atoms with van der Waals surface area (Å²) in [4.78, 5) is 19.5. The Morgan fingerprint density at radius 3 is 2.47 bits per heavy atom. The maximum absolute atomic E-state index is 14.2. The highest BCUT2D eigenvalue weighted by Gasteiger charge is 2.51. The second-order valence-electron chi connectivity index (χ2n) is 8.30. The highest BCUT2D eigenvalue weighted by atomic mass is 19.4. The Kier molecular flexibility index (Phi) is 5.10. The summed E-state index contributed by atoms with van der Waals surface area (Å²) in [7, 11) is 0. The molecule has 174 valence electrons. The highest BCUT2D eigenvalue weighted by Crippen LogP contribution is 2.41. The molecular formula is C19H21F5N6O2. The summed E-state index contributed by atoms with van der Waals surface area (Å²) in [6.45, 7) is 0.604. The van der Waals surface area contributed by atoms with E-state index >= 15 is 0 Å². The molecule has 0 saturated carbocycles. The number of fused-ring (bicyclic) bond motifs is 3. The van der Waals surface area contributed by atoms with E-state index in [2.05, 4.69) is 15.2 Å². The van der Waals surface area contributed by atoms with Crippen LogP contribution in [0.4, 0.5) is 33.7 Å². The second kappa shape index (κ2) is 7.71. The highest BCUT2D eigenvalue weighted by molar-refractivity contribution is 5.49. The molecule has 2 saturated heterocycles. The third-order valence-electron chi connectivity index (χ3n) is 6.28. The molecule has 4 unspecified atom stereocenters. The lowest BCUT2D eigenvalue weighted by Crippen LogP contribution is -2.55. The fraction of sp³-hybridized carbons (Fsp3) is 0.632. The first-order valence-electron chi connectivity index (χ1n) is 10.4. The zero-order valence-corrected chi connectivity index (χ0v) is 16.8. The standard InChI is InChI=1S/C19H21F5N6O2/c20-17(21)16(12-3-5-25-27-12)30-13(19(22,23)24)4-6-29-15(31)7-14(26-18(29)30)28-8-10-1-2-11(9-28)32-10/h3,5,7,10-11,13,16-17H,1-2,4,6,8-9H2,(H,25,27). The average Bonchev–Trinajstić information content (AvgIpc) is 3.36. The van der Waals surface area contributed by atoms with Crippen LogP contribution in [0, 0.1) is 0 Å². The van der Waals surface area contributed by atoms with E-state index in [1.54, 1.807) is 4.90 Å². The first-order valence-corrected chi connectivity index (χ1v) is 10.4. The number of aromatic nitrogens is 4. The number of hydrogen-bond donors (Lipinski definition) is 1. The van der Waals surface area contributed by atoms with E-state index < -0.39 is 42.6 Å². The van der Waals surface area contributed by atoms with Crippen LogP contribution in [0.1, 0.15) is 31.0 Å². The SMILES string of the molecule is O=c1cc(N2CC3CCC(C2)O3)nc2n1CCC(C(F)(F)F)N2C(c1cc[nH]n1)C(F)F. The Morgan fingerprint density at radius 1 is 1.16 bits per heavy atom. The molecule has 1 N–H and O–H groups in total. The molecule has 0 spiro atoms. The zero-order chi connectivity index (χ0) is 22.6. The topological polar surface area (TPSA) is 79.3 Å². The van der Waals surface area contributed by atoms with Gasteiger partial charge in [0.05, 0.1) is 17.9 Å². The number of halogens is 5. The van der Waals surface area contributed by atoms with Gasteiger partial charge in [0.15, 0.2) is 0 Å². The quantitative estimate of drug-likeness (QED) is 0.707. The second-order valence-corrected chi connectivity index (χ2v) is 8.30. The minimum atomic E-state index is -4.81. The van der Waals surface area contributed by atoms with E-state index in [0.717, 1.165) is 17.4 Å². The number of alkyl halides is 5. The fourth-order valence-corrected chi connectivity index (χ4v) is 4.85. The molecule has 13 heteroatoms. The van der Waals surface area contributed by atoms with Crippen molar-refractivity contribution in [2.75, 3.05) is 22.9 Å². The molecule has 3 aliphatic heterocycles. The van der Waals surface area contributed by atoms with Gasteiger partial charge in [-0.3, -0.25) is 14.5 Å². The number of H-pyrrole nitrogens is 1. The normalized spacial score (nSPS) is 26.5. The minimum Gasteiger partial charge on any atom is -0.371 e. The molecule has 3 aliphatic rings. The third kappa shape index (κ3) is 3.61. The lowest BCUT2D eigenvalue weighted by atomic mass is 10.0. The van der Waals surface area contributed by atoms with Crippen molar-refractivity contribution in [2.24, 2.45) is 0 Å². The first kappa shape index (κ1) is 21.2. The minimum absolute atomic E-state index is 0.0498. The number of nitrogens with one attached hydrogen (secondary N) is 1. The first-order chi connectivity index (χ1) is 15.2. The van der Waals surface area contributed by atoms with Crippen LogP contribution >= 0.6 is 0 Å². The summed E-state index contributed by atoms with van der Waals surface area (Å²) in [6, 6.07) is -1.81. The van der Waals surface area contributed by atoms with Crippen LogP contribution in [0.3, 0.4) is 0 Å². The van der Waals surface area contributed by atoms with Gasteiger partial charge >= 0.3 is 6.18 Å². The molecule has 0 aliphatic carbocycles. The van der Waals surface area contributed by atoms with Gasteiger partial charge in [0, 0.05) is 31.9 Å². The summed E-state index contributed by atoms with van der Waals surface area (Å²) >= 11 is 0. The van der Waals surface area contributed by atoms with Crippen LogP contribution in [0.25, 0.3) is 0 Å². The lowest BCUT2D eigenvalue weighted by Gasteiger charge is -2.43. The van der Waals surface area contributed by atoms with Gasteiger partial charge in [-0.05, 0) is 25.3 Å². The summed E-state index contributed by atoms with van der Waals surface area (Å²) in [5.74, 6) is -0.252. The van der Waals surface area contributed by atoms with Gasteiger partial charge in [-0.2, -0.15) is 23.3 Å². The molecule has 2 aromatic heterocycles. The van der Waals surface area contributed by atoms with Crippen molar-refractivity contribution in [3.05, 3.63) is 34.4 Å². The molecule has 2 bridgehead atoms. The molecule has 32 heavy (non-hydrogen) atoms. The molecule has 5 rings (SSSR count). The van der Waals surface area contributed by atoms with Crippen molar-refractivity contribution in [3.8, 4) is 0 Å². The number of anilines is 2. The summed E-state index contributed by atoms with van der Waals surface area (Å²) in [5, 5.41) is 6.08. The van der Waals surface area contributed by atoms with Crippen LogP contribution in [0.15, 0.2) is 23.1 Å². The number of ether oxygens (including phenoxy) is 1. The van der Waals surface area contributed by atoms with Crippen LogP contribution in [-0.2, 0) is 11.3 Å². The average molecular weight is 460 g/mol. The Morgan fingerprint density at radius 2 is 1.88 bits per heavy atom. The van der Waals surface area contributed by atoms with Gasteiger partial charge in [0.1, 0.15) is 17.9 Å². The third-order valence-corrected chi connectivity index (χ3v) is 6.28. The van der Waals surface area contributed by atoms with Crippen molar-refractivity contribution in [1.82, 2.24) is 19.7 Å². The number of aromatic amines is 1. The van der Waals surface area contributed by atoms with E-state index in [4.69, 9.17) is 4.74 Å². The van der Waals surface area contributed by atoms with E-state index in [0.29, 0.717) is 18.0 Å². The van der Waals surface area contributed by atoms with Crippen molar-refractivity contribution in [2.45, 2.75) is 62.7 Å². The summed E-state index contributed by atoms with van der Waals surface area (Å²) in [5.41, 5.74) is -0.837. The number of morpholine rings is 1. The Hall–Kier alpha value is -2.70. The molecular weight excluding hydrogens is 439 g/mol. The molecule has 4 atom stereocenters. The van der Waals surface area contributed by atoms with Gasteiger partial charge in [-0.15, -0.1) is 0 Å². The Bertz CT molecular complexity index is 1010. The van der Waals surface area contributed by atoms with Crippen LogP contribution in [0.5, 0.6) is 0 Å². The molecule has 8 nitrogen and oxygen atoms in total. The van der Waals surface area contributed by atoms with E-state index in [1.807, 2.05) is 0 Å². The monoisotopic (exact) mass is 460 g/mol. The van der Waals surface area contributed by atoms with E-state index in [-0.39, 0.29) is 30.3 Å². The molecule has 2 aromatic rings. The van der Waals surface area contributed by atoms with Crippen LogP contribution in [-0.4, -0.2) is 63.7 Å². The molecule has 2 fully saturated rings. The van der Waals surface area contributed by atoms with Crippen molar-refractivity contribution >= 4 is 11.8 Å². The van der Waals surface area contributed by atoms with Crippen molar-refractivity contribution in [1.29, 1.82) is 0 Å². The largest absolute Gasteiger partial charge is 0.408 e. The van der Waals surface area contributed by atoms with Gasteiger partial charge < -0.3 is 14.5 Å². The predicted molar refractivity (Wildman–Crippen MR) is 103 cm³/mol. The molecule has 5 heterocycles. The zero-order valence-electron chi connectivity index (χ0n) is 16.8.